The van der Waals surface area contributed by atoms with Crippen molar-refractivity contribution in [3.8, 4) is 0 Å². The Morgan fingerprint density at radius 2 is 2.08 bits per heavy atom. The van der Waals surface area contributed by atoms with Crippen LogP contribution in [-0.4, -0.2) is 4.98 Å². The molecule has 0 spiro atoms. The quantitative estimate of drug-likeness (QED) is 0.707. The predicted octanol–water partition coefficient (Wildman–Crippen LogP) is 3.14. The van der Waals surface area contributed by atoms with Crippen molar-refractivity contribution in [3.63, 3.8) is 0 Å². The van der Waals surface area contributed by atoms with Crippen LogP contribution in [0, 0.1) is 0 Å². The Kier molecular flexibility index (Phi) is 2.92. The van der Waals surface area contributed by atoms with Gasteiger partial charge in [0.2, 0.25) is 0 Å². The van der Waals surface area contributed by atoms with Crippen LogP contribution in [0.5, 0.6) is 0 Å². The van der Waals surface area contributed by atoms with Crippen molar-refractivity contribution < 1.29 is 13.2 Å². The van der Waals surface area contributed by atoms with Gasteiger partial charge in [0, 0.05) is 23.5 Å². The lowest BCUT2D eigenvalue weighted by Crippen LogP contribution is -1.95. The highest BCUT2D eigenvalue weighted by Crippen LogP contribution is 2.29. The molecule has 66 valence electrons. The Balaban J connectivity index is 3.20. The number of pyridine rings is 1. The first-order valence-electron chi connectivity index (χ1n) is 3.13. The molecule has 0 N–H and O–H groups in total. The van der Waals surface area contributed by atoms with E-state index in [0.29, 0.717) is 0 Å². The molecule has 12 heavy (non-hydrogen) atoms. The fourth-order valence-electron chi connectivity index (χ4n) is 0.836. The zero-order chi connectivity index (χ0) is 9.14. The minimum atomic E-state index is -2.76. The third kappa shape index (κ3) is 1.69. The number of hydrogen-bond donors (Lipinski definition) is 0. The minimum Gasteiger partial charge on any atom is -0.263 e. The molecule has 0 unspecified atom stereocenters. The van der Waals surface area contributed by atoms with E-state index in [0.717, 1.165) is 12.4 Å². The molecule has 0 radical (unpaired) electrons. The van der Waals surface area contributed by atoms with Gasteiger partial charge in [-0.15, -0.1) is 0 Å². The Labute approximate surface area is 72.2 Å². The summed E-state index contributed by atoms with van der Waals surface area (Å²) in [5.41, 5.74) is -0.619. The van der Waals surface area contributed by atoms with Crippen LogP contribution < -0.4 is 0 Å². The maximum Gasteiger partial charge on any atom is 0.265 e. The second-order valence-electron chi connectivity index (χ2n) is 2.13. The van der Waals surface area contributed by atoms with Crippen molar-refractivity contribution in [2.45, 2.75) is 13.1 Å². The van der Waals surface area contributed by atoms with Gasteiger partial charge in [-0.25, -0.2) is 13.2 Å². The van der Waals surface area contributed by atoms with E-state index in [1.54, 1.807) is 0 Å². The molecule has 1 nitrogen and oxygen atoms in total. The molecule has 1 rings (SSSR count). The van der Waals surface area contributed by atoms with Crippen molar-refractivity contribution in [2.75, 3.05) is 0 Å². The number of aromatic nitrogens is 1. The predicted molar refractivity (Wildman–Crippen MR) is 39.0 cm³/mol. The minimum absolute atomic E-state index is 0.155. The van der Waals surface area contributed by atoms with E-state index >= 15 is 0 Å². The lowest BCUT2D eigenvalue weighted by Gasteiger charge is -2.05. The zero-order valence-corrected chi connectivity index (χ0v) is 6.65. The van der Waals surface area contributed by atoms with Gasteiger partial charge in [0.15, 0.2) is 0 Å². The number of hydrogen-bond acceptors (Lipinski definition) is 1. The van der Waals surface area contributed by atoms with Crippen LogP contribution in [0.1, 0.15) is 17.6 Å². The topological polar surface area (TPSA) is 12.9 Å². The lowest BCUT2D eigenvalue weighted by molar-refractivity contribution is 0.149. The fourth-order valence-corrected chi connectivity index (χ4v) is 1.10. The summed E-state index contributed by atoms with van der Waals surface area (Å²) >= 11 is 5.39. The van der Waals surface area contributed by atoms with Crippen molar-refractivity contribution in [1.29, 1.82) is 0 Å². The molecule has 0 bridgehead atoms. The van der Waals surface area contributed by atoms with Crippen LogP contribution in [0.2, 0.25) is 5.02 Å². The summed E-state index contributed by atoms with van der Waals surface area (Å²) in [7, 11) is 0. The average Bonchev–Trinajstić information content (AvgIpc) is 2.03. The molecule has 0 aliphatic heterocycles. The largest absolute Gasteiger partial charge is 0.265 e. The average molecular weight is 196 g/mol. The highest BCUT2D eigenvalue weighted by atomic mass is 35.5. The van der Waals surface area contributed by atoms with Gasteiger partial charge in [0.05, 0.1) is 5.02 Å². The second-order valence-corrected chi connectivity index (χ2v) is 2.54. The monoisotopic (exact) mass is 195 g/mol. The Hall–Kier alpha value is -0.770. The van der Waals surface area contributed by atoms with Gasteiger partial charge in [-0.2, -0.15) is 0 Å². The van der Waals surface area contributed by atoms with Gasteiger partial charge in [0.25, 0.3) is 6.43 Å². The molecule has 0 atom stereocenters. The first kappa shape index (κ1) is 9.32. The molecule has 0 aromatic carbocycles. The standard InChI is InChI=1S/C7H5ClF3N/c8-5-3-12-2-4(1-9)6(5)7(10)11/h2-3,7H,1H2. The van der Waals surface area contributed by atoms with Gasteiger partial charge in [0.1, 0.15) is 6.67 Å². The molecule has 0 aliphatic rings. The van der Waals surface area contributed by atoms with E-state index in [9.17, 15) is 13.2 Å². The molecule has 1 aromatic heterocycles. The van der Waals surface area contributed by atoms with Crippen molar-refractivity contribution >= 4 is 11.6 Å². The van der Waals surface area contributed by atoms with Gasteiger partial charge in [-0.05, 0) is 0 Å². The molecule has 0 amide bonds. The summed E-state index contributed by atoms with van der Waals surface area (Å²) in [6.07, 6.45) is -0.637. The molecule has 1 heterocycles. The van der Waals surface area contributed by atoms with E-state index in [2.05, 4.69) is 4.98 Å². The van der Waals surface area contributed by atoms with E-state index in [1.807, 2.05) is 0 Å². The molecule has 0 saturated carbocycles. The fraction of sp³-hybridized carbons (Fsp3) is 0.286. The van der Waals surface area contributed by atoms with Crippen molar-refractivity contribution in [1.82, 2.24) is 4.98 Å². The van der Waals surface area contributed by atoms with Gasteiger partial charge in [-0.3, -0.25) is 4.98 Å². The van der Waals surface area contributed by atoms with Gasteiger partial charge in [-0.1, -0.05) is 11.6 Å². The van der Waals surface area contributed by atoms with Crippen molar-refractivity contribution in [3.05, 3.63) is 28.5 Å². The third-order valence-corrected chi connectivity index (χ3v) is 1.68. The zero-order valence-electron chi connectivity index (χ0n) is 5.90. The highest BCUT2D eigenvalue weighted by molar-refractivity contribution is 6.31. The van der Waals surface area contributed by atoms with Gasteiger partial charge >= 0.3 is 0 Å². The van der Waals surface area contributed by atoms with Gasteiger partial charge < -0.3 is 0 Å². The van der Waals surface area contributed by atoms with E-state index in [1.165, 1.54) is 0 Å². The second kappa shape index (κ2) is 3.76. The van der Waals surface area contributed by atoms with E-state index in [4.69, 9.17) is 11.6 Å². The summed E-state index contributed by atoms with van der Waals surface area (Å²) in [6.45, 7) is -0.979. The number of rotatable bonds is 2. The molecule has 1 aromatic rings. The smallest absolute Gasteiger partial charge is 0.263 e. The summed E-state index contributed by atoms with van der Waals surface area (Å²) in [5, 5.41) is -0.194. The molecule has 0 saturated heterocycles. The third-order valence-electron chi connectivity index (χ3n) is 1.38. The maximum atomic E-state index is 12.2. The molecule has 5 heteroatoms. The maximum absolute atomic E-state index is 12.2. The van der Waals surface area contributed by atoms with Crippen molar-refractivity contribution in [2.24, 2.45) is 0 Å². The molecular weight excluding hydrogens is 191 g/mol. The van der Waals surface area contributed by atoms with E-state index in [-0.39, 0.29) is 10.6 Å². The Morgan fingerprint density at radius 1 is 1.42 bits per heavy atom. The summed E-state index contributed by atoms with van der Waals surface area (Å²) in [5.74, 6) is 0. The van der Waals surface area contributed by atoms with Crippen LogP contribution >= 0.6 is 11.6 Å². The summed E-state index contributed by atoms with van der Waals surface area (Å²) in [4.78, 5) is 3.49. The molecule has 0 aliphatic carbocycles. The van der Waals surface area contributed by atoms with Crippen LogP contribution in [0.15, 0.2) is 12.4 Å². The SMILES string of the molecule is FCc1cncc(Cl)c1C(F)F. The first-order chi connectivity index (χ1) is 5.66. The van der Waals surface area contributed by atoms with Crippen LogP contribution in [0.3, 0.4) is 0 Å². The normalized spacial score (nSPS) is 10.8. The Morgan fingerprint density at radius 3 is 2.50 bits per heavy atom. The summed E-state index contributed by atoms with van der Waals surface area (Å²) in [6, 6.07) is 0. The number of alkyl halides is 3. The molecule has 0 fully saturated rings. The van der Waals surface area contributed by atoms with Crippen LogP contribution in [0.25, 0.3) is 0 Å². The summed E-state index contributed by atoms with van der Waals surface area (Å²) < 4.78 is 36.5. The highest BCUT2D eigenvalue weighted by Gasteiger charge is 2.16. The number of nitrogens with zero attached hydrogens (tertiary/aromatic N) is 1. The molecular formula is C7H5ClF3N. The number of halogens is 4. The Bertz CT molecular complexity index is 277. The lowest BCUT2D eigenvalue weighted by atomic mass is 10.1. The van der Waals surface area contributed by atoms with E-state index < -0.39 is 18.7 Å². The van der Waals surface area contributed by atoms with Crippen LogP contribution in [-0.2, 0) is 6.67 Å². The van der Waals surface area contributed by atoms with Crippen LogP contribution in [0.4, 0.5) is 13.2 Å². The first-order valence-corrected chi connectivity index (χ1v) is 3.51.